The second-order valence-corrected chi connectivity index (χ2v) is 9.39. The monoisotopic (exact) mass is 536 g/mol. The summed E-state index contributed by atoms with van der Waals surface area (Å²) in [6.07, 6.45) is 1.02. The molecule has 2 aromatic heterocycles. The highest BCUT2D eigenvalue weighted by atomic mass is 16.6. The molecule has 0 fully saturated rings. The molecule has 10 nitrogen and oxygen atoms in total. The fourth-order valence-electron chi connectivity index (χ4n) is 4.21. The van der Waals surface area contributed by atoms with Gasteiger partial charge in [-0.2, -0.15) is 0 Å². The minimum Gasteiger partial charge on any atom is -0.410 e. The highest BCUT2D eigenvalue weighted by Gasteiger charge is 2.13. The topological polar surface area (TPSA) is 128 Å². The van der Waals surface area contributed by atoms with E-state index in [1.807, 2.05) is 49.3 Å². The second kappa shape index (κ2) is 11.7. The molecule has 0 radical (unpaired) electrons. The summed E-state index contributed by atoms with van der Waals surface area (Å²) in [6.45, 7) is 1.11. The summed E-state index contributed by atoms with van der Waals surface area (Å²) in [5.74, 6) is 0.108. The largest absolute Gasteiger partial charge is 0.412 e. The summed E-state index contributed by atoms with van der Waals surface area (Å²) >= 11 is 0. The molecule has 0 unspecified atom stereocenters. The maximum absolute atomic E-state index is 12.8. The second-order valence-electron chi connectivity index (χ2n) is 9.39. The summed E-state index contributed by atoms with van der Waals surface area (Å²) < 4.78 is 5.47. The fraction of sp³-hybridized carbons (Fsp3) is 0.133. The van der Waals surface area contributed by atoms with E-state index in [4.69, 9.17) is 4.74 Å². The maximum Gasteiger partial charge on any atom is 0.412 e. The highest BCUT2D eigenvalue weighted by Crippen LogP contribution is 2.32. The van der Waals surface area contributed by atoms with Gasteiger partial charge in [0.15, 0.2) is 0 Å². The Labute approximate surface area is 230 Å². The van der Waals surface area contributed by atoms with Crippen molar-refractivity contribution in [1.82, 2.24) is 20.2 Å². The lowest BCUT2D eigenvalue weighted by Crippen LogP contribution is -2.33. The Bertz CT molecular complexity index is 1730. The molecule has 0 atom stereocenters. The van der Waals surface area contributed by atoms with Crippen LogP contribution in [0.15, 0.2) is 89.9 Å². The first-order chi connectivity index (χ1) is 19.4. The average molecular weight is 537 g/mol. The Morgan fingerprint density at radius 3 is 2.42 bits per heavy atom. The maximum atomic E-state index is 12.8. The van der Waals surface area contributed by atoms with E-state index in [-0.39, 0.29) is 11.5 Å². The zero-order valence-electron chi connectivity index (χ0n) is 22.0. The molecule has 0 saturated heterocycles. The van der Waals surface area contributed by atoms with Gasteiger partial charge in [0, 0.05) is 52.4 Å². The number of H-pyrrole nitrogens is 1. The van der Waals surface area contributed by atoms with Crippen molar-refractivity contribution in [3.8, 4) is 5.75 Å². The summed E-state index contributed by atoms with van der Waals surface area (Å²) in [5.41, 5.74) is 2.77. The van der Waals surface area contributed by atoms with Crippen LogP contribution in [0.25, 0.3) is 21.8 Å². The zero-order valence-corrected chi connectivity index (χ0v) is 22.0. The molecule has 0 aliphatic carbocycles. The van der Waals surface area contributed by atoms with E-state index >= 15 is 0 Å². The third-order valence-electron chi connectivity index (χ3n) is 6.18. The number of fused-ring (bicyclic) bond motifs is 3. The van der Waals surface area contributed by atoms with E-state index in [1.54, 1.807) is 54.7 Å². The minimum atomic E-state index is -0.578. The molecule has 0 bridgehead atoms. The average Bonchev–Trinajstić information content (AvgIpc) is 2.94. The Kier molecular flexibility index (Phi) is 7.70. The van der Waals surface area contributed by atoms with Crippen molar-refractivity contribution < 1.29 is 14.3 Å². The van der Waals surface area contributed by atoms with Gasteiger partial charge in [0.1, 0.15) is 11.4 Å². The molecule has 10 heteroatoms. The first-order valence-corrected chi connectivity index (χ1v) is 12.7. The Morgan fingerprint density at radius 2 is 1.68 bits per heavy atom. The van der Waals surface area contributed by atoms with Gasteiger partial charge in [-0.25, -0.2) is 9.78 Å². The van der Waals surface area contributed by atoms with Crippen LogP contribution in [0.2, 0.25) is 0 Å². The Morgan fingerprint density at radius 1 is 0.925 bits per heavy atom. The smallest absolute Gasteiger partial charge is 0.410 e. The molecule has 4 N–H and O–H groups in total. The van der Waals surface area contributed by atoms with Crippen LogP contribution >= 0.6 is 0 Å². The number of carbonyl (C=O) groups is 2. The lowest BCUT2D eigenvalue weighted by Gasteiger charge is -2.13. The van der Waals surface area contributed by atoms with Crippen molar-refractivity contribution in [3.05, 3.63) is 101 Å². The number of anilines is 3. The molecular formula is C30H28N6O4. The number of likely N-dealkylation sites (N-methyl/N-ethyl adjacent to an activating group) is 1. The van der Waals surface area contributed by atoms with Gasteiger partial charge in [-0.15, -0.1) is 0 Å². The van der Waals surface area contributed by atoms with Crippen molar-refractivity contribution in [2.45, 2.75) is 0 Å². The molecular weight excluding hydrogens is 508 g/mol. The minimum absolute atomic E-state index is 0.193. The molecule has 3 aromatic carbocycles. The summed E-state index contributed by atoms with van der Waals surface area (Å²) in [6, 6.07) is 22.9. The van der Waals surface area contributed by atoms with Crippen molar-refractivity contribution in [1.29, 1.82) is 0 Å². The first-order valence-electron chi connectivity index (χ1n) is 12.7. The van der Waals surface area contributed by atoms with Gasteiger partial charge < -0.3 is 30.6 Å². The predicted molar refractivity (Wildman–Crippen MR) is 157 cm³/mol. The number of benzene rings is 3. The van der Waals surface area contributed by atoms with Crippen molar-refractivity contribution in [2.24, 2.45) is 0 Å². The number of nitrogens with zero attached hydrogens (tertiary/aromatic N) is 2. The van der Waals surface area contributed by atoms with Gasteiger partial charge >= 0.3 is 6.09 Å². The SMILES string of the molecule is CN(C)CCNC(=O)Oc1ccc2c(=O)[nH]c3nccc(Nc4ccc(NC(=O)c5ccccc5)cc4)c3c2c1. The van der Waals surface area contributed by atoms with E-state index in [0.717, 1.165) is 5.69 Å². The van der Waals surface area contributed by atoms with Gasteiger partial charge in [0.05, 0.1) is 5.69 Å². The van der Waals surface area contributed by atoms with Gasteiger partial charge in [-0.1, -0.05) is 18.2 Å². The number of amides is 2. The molecule has 0 aliphatic rings. The van der Waals surface area contributed by atoms with Crippen molar-refractivity contribution in [2.75, 3.05) is 37.8 Å². The van der Waals surface area contributed by atoms with Crippen LogP contribution in [0, 0.1) is 0 Å². The van der Waals surface area contributed by atoms with Gasteiger partial charge in [0.25, 0.3) is 11.5 Å². The number of aromatic amines is 1. The van der Waals surface area contributed by atoms with Crippen molar-refractivity contribution in [3.63, 3.8) is 0 Å². The lowest BCUT2D eigenvalue weighted by molar-refractivity contribution is 0.102. The summed E-state index contributed by atoms with van der Waals surface area (Å²) in [4.78, 5) is 46.6. The van der Waals surface area contributed by atoms with Crippen LogP contribution in [0.1, 0.15) is 10.4 Å². The molecule has 202 valence electrons. The molecule has 2 amide bonds. The molecule has 0 saturated carbocycles. The van der Waals surface area contributed by atoms with Gasteiger partial charge in [-0.3, -0.25) is 9.59 Å². The highest BCUT2D eigenvalue weighted by molar-refractivity contribution is 6.11. The molecule has 5 aromatic rings. The third kappa shape index (κ3) is 6.08. The third-order valence-corrected chi connectivity index (χ3v) is 6.18. The summed E-state index contributed by atoms with van der Waals surface area (Å²) in [5, 5.41) is 10.6. The van der Waals surface area contributed by atoms with Crippen molar-refractivity contribution >= 4 is 50.9 Å². The standard InChI is InChI=1S/C30H28N6O4/c1-36(2)17-16-32-30(39)40-22-12-13-23-24(18-22)26-25(14-15-31-27(26)35-29(23)38)33-20-8-10-21(11-9-20)34-28(37)19-6-4-3-5-7-19/h3-15,18H,16-17H2,1-2H3,(H,32,39)(H,34,37)(H2,31,33,35,38). The summed E-state index contributed by atoms with van der Waals surface area (Å²) in [7, 11) is 3.83. The van der Waals surface area contributed by atoms with E-state index in [0.29, 0.717) is 57.6 Å². The number of rotatable bonds is 8. The van der Waals surface area contributed by atoms with E-state index in [1.165, 1.54) is 0 Å². The first kappa shape index (κ1) is 26.4. The van der Waals surface area contributed by atoms with E-state index in [9.17, 15) is 14.4 Å². The van der Waals surface area contributed by atoms with Gasteiger partial charge in [-0.05, 0) is 74.8 Å². The number of pyridine rings is 2. The number of aromatic nitrogens is 2. The van der Waals surface area contributed by atoms with Crippen LogP contribution < -0.4 is 26.2 Å². The number of nitrogens with one attached hydrogen (secondary N) is 4. The molecule has 0 aliphatic heterocycles. The Hall–Kier alpha value is -5.22. The van der Waals surface area contributed by atoms with Crippen LogP contribution in [-0.4, -0.2) is 54.1 Å². The predicted octanol–water partition coefficient (Wildman–Crippen LogP) is 4.72. The quantitative estimate of drug-likeness (QED) is 0.211. The molecule has 0 spiro atoms. The molecule has 5 rings (SSSR count). The Balaban J connectivity index is 1.40. The van der Waals surface area contributed by atoms with Crippen LogP contribution in [-0.2, 0) is 0 Å². The van der Waals surface area contributed by atoms with Crippen LogP contribution in [0.5, 0.6) is 5.75 Å². The van der Waals surface area contributed by atoms with Crippen LogP contribution in [0.4, 0.5) is 21.9 Å². The fourth-order valence-corrected chi connectivity index (χ4v) is 4.21. The molecule has 2 heterocycles. The zero-order chi connectivity index (χ0) is 28.1. The van der Waals surface area contributed by atoms with Gasteiger partial charge in [0.2, 0.25) is 0 Å². The van der Waals surface area contributed by atoms with E-state index < -0.39 is 6.09 Å². The van der Waals surface area contributed by atoms with Crippen LogP contribution in [0.3, 0.4) is 0 Å². The normalized spacial score (nSPS) is 11.0. The van der Waals surface area contributed by atoms with E-state index in [2.05, 4.69) is 25.9 Å². The number of carbonyl (C=O) groups excluding carboxylic acids is 2. The number of hydrogen-bond acceptors (Lipinski definition) is 7. The lowest BCUT2D eigenvalue weighted by atomic mass is 10.1. The number of ether oxygens (including phenoxy) is 1. The molecule has 40 heavy (non-hydrogen) atoms. The number of hydrogen-bond donors (Lipinski definition) is 4.